The van der Waals surface area contributed by atoms with Crippen LogP contribution in [0.15, 0.2) is 54.6 Å². The standard InChI is InChI=1S/C18H19F3N2O3/c1-2-26-15-11-7-6-10-14(15)23-16(24)22-12-17(25,18(19,20)21)13-8-4-3-5-9-13/h3-11,25H,2,12H2,1H3,(H2,22,23,24). The van der Waals surface area contributed by atoms with Crippen molar-refractivity contribution in [2.45, 2.75) is 18.7 Å². The molecule has 2 aromatic rings. The first-order valence-corrected chi connectivity index (χ1v) is 7.89. The Morgan fingerprint density at radius 3 is 2.31 bits per heavy atom. The summed E-state index contributed by atoms with van der Waals surface area (Å²) in [7, 11) is 0. The monoisotopic (exact) mass is 368 g/mol. The van der Waals surface area contributed by atoms with Gasteiger partial charge in [0.1, 0.15) is 5.75 Å². The number of benzene rings is 2. The number of anilines is 1. The zero-order valence-electron chi connectivity index (χ0n) is 14.0. The molecule has 1 unspecified atom stereocenters. The molecule has 140 valence electrons. The van der Waals surface area contributed by atoms with Crippen molar-refractivity contribution in [3.8, 4) is 5.75 Å². The first-order valence-electron chi connectivity index (χ1n) is 7.89. The molecule has 0 aromatic heterocycles. The Morgan fingerprint density at radius 1 is 1.08 bits per heavy atom. The number of halogens is 3. The lowest BCUT2D eigenvalue weighted by atomic mass is 9.93. The lowest BCUT2D eigenvalue weighted by Crippen LogP contribution is -2.51. The smallest absolute Gasteiger partial charge is 0.423 e. The molecule has 2 amide bonds. The average molecular weight is 368 g/mol. The number of carbonyl (C=O) groups excluding carboxylic acids is 1. The molecule has 5 nitrogen and oxygen atoms in total. The number of nitrogens with one attached hydrogen (secondary N) is 2. The number of aliphatic hydroxyl groups is 1. The molecule has 3 N–H and O–H groups in total. The number of alkyl halides is 3. The van der Waals surface area contributed by atoms with Crippen LogP contribution in [0.5, 0.6) is 5.75 Å². The van der Waals surface area contributed by atoms with Crippen LogP contribution < -0.4 is 15.4 Å². The molecule has 0 saturated carbocycles. The van der Waals surface area contributed by atoms with E-state index in [2.05, 4.69) is 10.6 Å². The Morgan fingerprint density at radius 2 is 1.69 bits per heavy atom. The van der Waals surface area contributed by atoms with Crippen molar-refractivity contribution in [2.24, 2.45) is 0 Å². The lowest BCUT2D eigenvalue weighted by Gasteiger charge is -2.31. The summed E-state index contributed by atoms with van der Waals surface area (Å²) in [4.78, 5) is 12.0. The van der Waals surface area contributed by atoms with Gasteiger partial charge in [-0.15, -0.1) is 0 Å². The van der Waals surface area contributed by atoms with E-state index in [1.165, 1.54) is 18.2 Å². The topological polar surface area (TPSA) is 70.6 Å². The third-order valence-corrected chi connectivity index (χ3v) is 3.66. The number of para-hydroxylation sites is 2. The molecule has 0 aliphatic carbocycles. The summed E-state index contributed by atoms with van der Waals surface area (Å²) in [6.07, 6.45) is -4.97. The maximum atomic E-state index is 13.4. The van der Waals surface area contributed by atoms with Gasteiger partial charge in [0.25, 0.3) is 0 Å². The van der Waals surface area contributed by atoms with Crippen molar-refractivity contribution in [1.29, 1.82) is 0 Å². The van der Waals surface area contributed by atoms with Gasteiger partial charge in [-0.25, -0.2) is 4.79 Å². The molecule has 0 fully saturated rings. The van der Waals surface area contributed by atoms with Crippen molar-refractivity contribution >= 4 is 11.7 Å². The molecule has 0 bridgehead atoms. The number of ether oxygens (including phenoxy) is 1. The second kappa shape index (κ2) is 8.09. The van der Waals surface area contributed by atoms with Crippen LogP contribution in [0.3, 0.4) is 0 Å². The Balaban J connectivity index is 2.11. The summed E-state index contributed by atoms with van der Waals surface area (Å²) in [6, 6.07) is 12.2. The van der Waals surface area contributed by atoms with Gasteiger partial charge in [0, 0.05) is 0 Å². The van der Waals surface area contributed by atoms with Crippen molar-refractivity contribution in [1.82, 2.24) is 5.32 Å². The summed E-state index contributed by atoms with van der Waals surface area (Å²) >= 11 is 0. The maximum Gasteiger partial charge on any atom is 0.423 e. The van der Waals surface area contributed by atoms with Crippen molar-refractivity contribution in [2.75, 3.05) is 18.5 Å². The van der Waals surface area contributed by atoms with Crippen LogP contribution in [0.4, 0.5) is 23.7 Å². The van der Waals surface area contributed by atoms with Crippen LogP contribution in [0.1, 0.15) is 12.5 Å². The number of urea groups is 1. The SMILES string of the molecule is CCOc1ccccc1NC(=O)NCC(O)(c1ccccc1)C(F)(F)F. The number of rotatable bonds is 6. The second-order valence-electron chi connectivity index (χ2n) is 5.46. The van der Waals surface area contributed by atoms with E-state index in [1.807, 2.05) is 0 Å². The number of carbonyl (C=O) groups is 1. The van der Waals surface area contributed by atoms with E-state index in [4.69, 9.17) is 4.74 Å². The maximum absolute atomic E-state index is 13.4. The molecule has 0 spiro atoms. The summed E-state index contributed by atoms with van der Waals surface area (Å²) in [6.45, 7) is 1.09. The summed E-state index contributed by atoms with van der Waals surface area (Å²) in [5.74, 6) is 0.388. The van der Waals surface area contributed by atoms with E-state index in [1.54, 1.807) is 31.2 Å². The minimum absolute atomic E-state index is 0.308. The largest absolute Gasteiger partial charge is 0.492 e. The third kappa shape index (κ3) is 4.45. The molecule has 0 heterocycles. The molecular weight excluding hydrogens is 349 g/mol. The van der Waals surface area contributed by atoms with Gasteiger partial charge in [-0.05, 0) is 24.6 Å². The zero-order valence-corrected chi connectivity index (χ0v) is 14.0. The number of hydrogen-bond acceptors (Lipinski definition) is 3. The van der Waals surface area contributed by atoms with Crippen molar-refractivity contribution in [3.63, 3.8) is 0 Å². The summed E-state index contributed by atoms with van der Waals surface area (Å²) < 4.78 is 45.5. The van der Waals surface area contributed by atoms with Gasteiger partial charge in [0.05, 0.1) is 18.8 Å². The summed E-state index contributed by atoms with van der Waals surface area (Å²) in [5.41, 5.74) is -3.25. The first kappa shape index (κ1) is 19.6. The average Bonchev–Trinajstić information content (AvgIpc) is 2.61. The van der Waals surface area contributed by atoms with Crippen LogP contribution in [0.25, 0.3) is 0 Å². The van der Waals surface area contributed by atoms with E-state index in [9.17, 15) is 23.1 Å². The molecule has 0 saturated heterocycles. The highest BCUT2D eigenvalue weighted by molar-refractivity contribution is 5.90. The van der Waals surface area contributed by atoms with Crippen LogP contribution in [-0.2, 0) is 5.60 Å². The molecule has 2 aromatic carbocycles. The van der Waals surface area contributed by atoms with E-state index in [0.29, 0.717) is 18.0 Å². The Labute approximate surface area is 148 Å². The fourth-order valence-electron chi connectivity index (χ4n) is 2.31. The van der Waals surface area contributed by atoms with Crippen LogP contribution in [-0.4, -0.2) is 30.5 Å². The Kier molecular flexibility index (Phi) is 6.10. The van der Waals surface area contributed by atoms with E-state index >= 15 is 0 Å². The van der Waals surface area contributed by atoms with E-state index < -0.39 is 24.4 Å². The van der Waals surface area contributed by atoms with Gasteiger partial charge in [-0.3, -0.25) is 0 Å². The van der Waals surface area contributed by atoms with E-state index in [-0.39, 0.29) is 5.56 Å². The third-order valence-electron chi connectivity index (χ3n) is 3.66. The van der Waals surface area contributed by atoms with Gasteiger partial charge in [-0.2, -0.15) is 13.2 Å². The molecule has 26 heavy (non-hydrogen) atoms. The van der Waals surface area contributed by atoms with Crippen molar-refractivity contribution in [3.05, 3.63) is 60.2 Å². The number of hydrogen-bond donors (Lipinski definition) is 3. The molecule has 2 rings (SSSR count). The van der Waals surface area contributed by atoms with Crippen LogP contribution >= 0.6 is 0 Å². The molecule has 0 aliphatic rings. The predicted molar refractivity (Wildman–Crippen MR) is 91.0 cm³/mol. The van der Waals surface area contributed by atoms with Gasteiger partial charge in [0.2, 0.25) is 5.60 Å². The fourth-order valence-corrected chi connectivity index (χ4v) is 2.31. The predicted octanol–water partition coefficient (Wildman–Crippen LogP) is 3.66. The van der Waals surface area contributed by atoms with E-state index in [0.717, 1.165) is 12.1 Å². The van der Waals surface area contributed by atoms with Gasteiger partial charge < -0.3 is 20.5 Å². The normalized spacial score (nSPS) is 13.6. The number of amides is 2. The first-order chi connectivity index (χ1) is 12.3. The quantitative estimate of drug-likeness (QED) is 0.729. The molecule has 8 heteroatoms. The molecule has 1 atom stereocenters. The Hall–Kier alpha value is -2.74. The van der Waals surface area contributed by atoms with Crippen LogP contribution in [0.2, 0.25) is 0 Å². The second-order valence-corrected chi connectivity index (χ2v) is 5.46. The molecule has 0 radical (unpaired) electrons. The minimum Gasteiger partial charge on any atom is -0.492 e. The Bertz CT molecular complexity index is 738. The zero-order chi connectivity index (χ0) is 19.2. The van der Waals surface area contributed by atoms with Gasteiger partial charge in [0.15, 0.2) is 0 Å². The van der Waals surface area contributed by atoms with Gasteiger partial charge >= 0.3 is 12.2 Å². The lowest BCUT2D eigenvalue weighted by molar-refractivity contribution is -0.263. The van der Waals surface area contributed by atoms with Gasteiger partial charge in [-0.1, -0.05) is 42.5 Å². The minimum atomic E-state index is -4.97. The fraction of sp³-hybridized carbons (Fsp3) is 0.278. The van der Waals surface area contributed by atoms with Crippen molar-refractivity contribution < 1.29 is 27.8 Å². The van der Waals surface area contributed by atoms with Crippen LogP contribution in [0, 0.1) is 0 Å². The molecular formula is C18H19F3N2O3. The highest BCUT2D eigenvalue weighted by Gasteiger charge is 2.55. The highest BCUT2D eigenvalue weighted by atomic mass is 19.4. The highest BCUT2D eigenvalue weighted by Crippen LogP contribution is 2.38. The molecule has 0 aliphatic heterocycles. The summed E-state index contributed by atoms with van der Waals surface area (Å²) in [5, 5.41) is 14.7.